The van der Waals surface area contributed by atoms with E-state index < -0.39 is 0 Å². The summed E-state index contributed by atoms with van der Waals surface area (Å²) in [5.41, 5.74) is -0.0223. The number of hydrogen-bond acceptors (Lipinski definition) is 1. The maximum Gasteiger partial charge on any atom is 0.0703 e. The number of rotatable bonds is 8. The van der Waals surface area contributed by atoms with Gasteiger partial charge in [-0.25, -0.2) is 0 Å². The summed E-state index contributed by atoms with van der Waals surface area (Å²) in [7, 11) is 0. The molecule has 1 nitrogen and oxygen atoms in total. The normalized spacial score (nSPS) is 24.9. The van der Waals surface area contributed by atoms with Crippen LogP contribution in [0.15, 0.2) is 0 Å². The van der Waals surface area contributed by atoms with Crippen molar-refractivity contribution < 1.29 is 5.11 Å². The molecular weight excluding hydrogens is 256 g/mol. The van der Waals surface area contributed by atoms with Gasteiger partial charge in [-0.2, -0.15) is 0 Å². The summed E-state index contributed by atoms with van der Waals surface area (Å²) in [5, 5.41) is 11.4. The van der Waals surface area contributed by atoms with Crippen LogP contribution in [0, 0.1) is 5.41 Å². The number of hydrogen-bond donors (Lipinski definition) is 1. The maximum atomic E-state index is 11.4. The molecule has 0 heterocycles. The zero-order valence-electron chi connectivity index (χ0n) is 14.5. The second-order valence-corrected chi connectivity index (χ2v) is 7.95. The van der Waals surface area contributed by atoms with Gasteiger partial charge in [-0.1, -0.05) is 84.0 Å². The smallest absolute Gasteiger partial charge is 0.0703 e. The minimum Gasteiger partial charge on any atom is -0.389 e. The molecule has 0 spiro atoms. The molecular formula is C20H38O. The van der Waals surface area contributed by atoms with Gasteiger partial charge in [-0.05, 0) is 37.5 Å². The molecule has 0 unspecified atom stereocenters. The second kappa shape index (κ2) is 8.56. The van der Waals surface area contributed by atoms with Gasteiger partial charge in [0.1, 0.15) is 0 Å². The van der Waals surface area contributed by atoms with E-state index in [2.05, 4.69) is 6.92 Å². The molecule has 0 amide bonds. The number of aliphatic hydroxyl groups is 1. The third-order valence-corrected chi connectivity index (χ3v) is 6.49. The Hall–Kier alpha value is -0.0400. The lowest BCUT2D eigenvalue weighted by Crippen LogP contribution is -2.50. The molecule has 2 aliphatic rings. The SMILES string of the molecule is CCCCCCCCC1(C2(O)CCCCC2)CCCCC1. The Morgan fingerprint density at radius 3 is 1.81 bits per heavy atom. The Morgan fingerprint density at radius 1 is 0.667 bits per heavy atom. The highest BCUT2D eigenvalue weighted by molar-refractivity contribution is 5.01. The van der Waals surface area contributed by atoms with Gasteiger partial charge in [0.05, 0.1) is 5.60 Å². The van der Waals surface area contributed by atoms with Crippen molar-refractivity contribution in [1.82, 2.24) is 0 Å². The van der Waals surface area contributed by atoms with Gasteiger partial charge >= 0.3 is 0 Å². The average Bonchev–Trinajstić information content (AvgIpc) is 2.52. The lowest BCUT2D eigenvalue weighted by molar-refractivity contribution is -0.131. The Morgan fingerprint density at radius 2 is 1.19 bits per heavy atom. The van der Waals surface area contributed by atoms with E-state index in [0.29, 0.717) is 0 Å². The Labute approximate surface area is 132 Å². The maximum absolute atomic E-state index is 11.4. The largest absolute Gasteiger partial charge is 0.389 e. The molecule has 0 saturated heterocycles. The molecule has 0 aromatic carbocycles. The summed E-state index contributed by atoms with van der Waals surface area (Å²) in [5.74, 6) is 0. The molecule has 2 fully saturated rings. The van der Waals surface area contributed by atoms with Gasteiger partial charge in [-0.3, -0.25) is 0 Å². The van der Waals surface area contributed by atoms with Crippen molar-refractivity contribution in [1.29, 1.82) is 0 Å². The van der Waals surface area contributed by atoms with Crippen molar-refractivity contribution in [3.8, 4) is 0 Å². The third-order valence-electron chi connectivity index (χ3n) is 6.49. The van der Waals surface area contributed by atoms with Gasteiger partial charge in [-0.15, -0.1) is 0 Å². The molecule has 1 N–H and O–H groups in total. The van der Waals surface area contributed by atoms with E-state index in [4.69, 9.17) is 0 Å². The Balaban J connectivity index is 1.87. The zero-order chi connectivity index (χ0) is 15.0. The Kier molecular flexibility index (Phi) is 7.05. The van der Waals surface area contributed by atoms with Crippen LogP contribution in [0.5, 0.6) is 0 Å². The van der Waals surface area contributed by atoms with Crippen molar-refractivity contribution in [3.63, 3.8) is 0 Å². The van der Waals surface area contributed by atoms with Crippen molar-refractivity contribution in [2.45, 2.75) is 122 Å². The van der Waals surface area contributed by atoms with Crippen molar-refractivity contribution in [2.75, 3.05) is 0 Å². The molecule has 0 bridgehead atoms. The summed E-state index contributed by atoms with van der Waals surface area (Å²) in [4.78, 5) is 0. The second-order valence-electron chi connectivity index (χ2n) is 7.95. The highest BCUT2D eigenvalue weighted by Gasteiger charge is 2.49. The predicted molar refractivity (Wildman–Crippen MR) is 91.5 cm³/mol. The van der Waals surface area contributed by atoms with Gasteiger partial charge in [0.15, 0.2) is 0 Å². The van der Waals surface area contributed by atoms with E-state index >= 15 is 0 Å². The van der Waals surface area contributed by atoms with Crippen LogP contribution in [0.4, 0.5) is 0 Å². The van der Waals surface area contributed by atoms with Crippen molar-refractivity contribution in [3.05, 3.63) is 0 Å². The van der Waals surface area contributed by atoms with E-state index in [1.807, 2.05) is 0 Å². The lowest BCUT2D eigenvalue weighted by Gasteiger charge is -2.52. The fourth-order valence-electron chi connectivity index (χ4n) is 5.09. The van der Waals surface area contributed by atoms with Crippen LogP contribution >= 0.6 is 0 Å². The van der Waals surface area contributed by atoms with Crippen LogP contribution in [-0.4, -0.2) is 10.7 Å². The van der Waals surface area contributed by atoms with Crippen LogP contribution in [0.1, 0.15) is 116 Å². The van der Waals surface area contributed by atoms with E-state index in [1.165, 1.54) is 96.3 Å². The van der Waals surface area contributed by atoms with Crippen LogP contribution in [-0.2, 0) is 0 Å². The van der Waals surface area contributed by atoms with E-state index in [9.17, 15) is 5.11 Å². The molecule has 0 atom stereocenters. The molecule has 1 heteroatoms. The lowest BCUT2D eigenvalue weighted by atomic mass is 9.57. The quantitative estimate of drug-likeness (QED) is 0.515. The van der Waals surface area contributed by atoms with Crippen molar-refractivity contribution in [2.24, 2.45) is 5.41 Å². The van der Waals surface area contributed by atoms with Crippen LogP contribution in [0.3, 0.4) is 0 Å². The summed E-state index contributed by atoms with van der Waals surface area (Å²) >= 11 is 0. The summed E-state index contributed by atoms with van der Waals surface area (Å²) in [6.07, 6.45) is 22.3. The monoisotopic (exact) mass is 294 g/mol. The molecule has 0 aromatic rings. The zero-order valence-corrected chi connectivity index (χ0v) is 14.5. The third kappa shape index (κ3) is 4.47. The highest BCUT2D eigenvalue weighted by Crippen LogP contribution is 2.53. The van der Waals surface area contributed by atoms with Gasteiger partial charge in [0.25, 0.3) is 0 Å². The van der Waals surface area contributed by atoms with Crippen LogP contribution < -0.4 is 0 Å². The summed E-state index contributed by atoms with van der Waals surface area (Å²) < 4.78 is 0. The van der Waals surface area contributed by atoms with E-state index in [-0.39, 0.29) is 11.0 Å². The summed E-state index contributed by atoms with van der Waals surface area (Å²) in [6.45, 7) is 2.29. The van der Waals surface area contributed by atoms with Gasteiger partial charge in [0.2, 0.25) is 0 Å². The number of unbranched alkanes of at least 4 members (excludes halogenated alkanes) is 5. The van der Waals surface area contributed by atoms with E-state index in [0.717, 1.165) is 12.8 Å². The molecule has 2 aliphatic carbocycles. The van der Waals surface area contributed by atoms with Crippen LogP contribution in [0.25, 0.3) is 0 Å². The minimum atomic E-state index is -0.310. The molecule has 0 aliphatic heterocycles. The molecule has 21 heavy (non-hydrogen) atoms. The van der Waals surface area contributed by atoms with Gasteiger partial charge in [0, 0.05) is 0 Å². The predicted octanol–water partition coefficient (Wildman–Crippen LogP) is 6.38. The molecule has 124 valence electrons. The topological polar surface area (TPSA) is 20.2 Å². The average molecular weight is 295 g/mol. The Bertz CT molecular complexity index is 272. The standard InChI is InChI=1S/C20H38O/c1-2-3-4-5-6-9-14-19(15-10-7-11-16-19)20(21)17-12-8-13-18-20/h21H,2-18H2,1H3. The molecule has 2 rings (SSSR count). The highest BCUT2D eigenvalue weighted by atomic mass is 16.3. The van der Waals surface area contributed by atoms with Crippen molar-refractivity contribution >= 4 is 0 Å². The first-order valence-electron chi connectivity index (χ1n) is 9.95. The first-order valence-corrected chi connectivity index (χ1v) is 9.95. The minimum absolute atomic E-state index is 0.288. The van der Waals surface area contributed by atoms with Gasteiger partial charge < -0.3 is 5.11 Å². The van der Waals surface area contributed by atoms with Crippen LogP contribution in [0.2, 0.25) is 0 Å². The fourth-order valence-corrected chi connectivity index (χ4v) is 5.09. The molecule has 0 radical (unpaired) electrons. The fraction of sp³-hybridized carbons (Fsp3) is 1.00. The van der Waals surface area contributed by atoms with E-state index in [1.54, 1.807) is 0 Å². The molecule has 2 saturated carbocycles. The first-order chi connectivity index (χ1) is 10.2. The summed E-state index contributed by atoms with van der Waals surface area (Å²) in [6, 6.07) is 0. The first kappa shape index (κ1) is 17.3. The molecule has 0 aromatic heterocycles.